The minimum Gasteiger partial charge on any atom is -0.297 e. The normalized spacial score (nSPS) is 20.9. The van der Waals surface area contributed by atoms with Crippen molar-refractivity contribution in [3.63, 3.8) is 0 Å². The van der Waals surface area contributed by atoms with Crippen molar-refractivity contribution in [3.05, 3.63) is 56.3 Å². The Bertz CT molecular complexity index is 692. The summed E-state index contributed by atoms with van der Waals surface area (Å²) in [7, 11) is 0. The fourth-order valence-electron chi connectivity index (χ4n) is 1.90. The number of hydrogen-bond acceptors (Lipinski definition) is 5. The predicted molar refractivity (Wildman–Crippen MR) is 84.6 cm³/mol. The van der Waals surface area contributed by atoms with Crippen molar-refractivity contribution in [3.8, 4) is 0 Å². The van der Waals surface area contributed by atoms with E-state index in [4.69, 9.17) is 17.0 Å². The highest BCUT2D eigenvalue weighted by Gasteiger charge is 2.38. The number of carbonyl (C=O) groups is 1. The number of ketones is 1. The molecule has 1 aromatic heterocycles. The van der Waals surface area contributed by atoms with Crippen LogP contribution in [0.1, 0.15) is 16.5 Å². The van der Waals surface area contributed by atoms with Crippen LogP contribution in [0.3, 0.4) is 0 Å². The molecule has 0 bridgehead atoms. The highest BCUT2D eigenvalue weighted by atomic mass is 35.5. The second kappa shape index (κ2) is 5.52. The van der Waals surface area contributed by atoms with E-state index in [2.05, 4.69) is 4.98 Å². The molecule has 1 atom stereocenters. The highest BCUT2D eigenvalue weighted by Crippen LogP contribution is 2.41. The van der Waals surface area contributed by atoms with Gasteiger partial charge in [-0.15, -0.1) is 11.3 Å². The lowest BCUT2D eigenvalue weighted by Crippen LogP contribution is -2.11. The summed E-state index contributed by atoms with van der Waals surface area (Å²) in [5.74, 6) is -0.580. The number of thiazole rings is 1. The number of allylic oxidation sites excluding steroid dienone is 1. The summed E-state index contributed by atoms with van der Waals surface area (Å²) in [6.07, 6.45) is 3.46. The molecule has 1 N–H and O–H groups in total. The average molecular weight is 321 g/mol. The molecule has 0 amide bonds. The summed E-state index contributed by atoms with van der Waals surface area (Å²) in [5.41, 5.74) is 0.901. The number of rotatable bonds is 2. The van der Waals surface area contributed by atoms with Crippen LogP contribution in [0.4, 0.5) is 0 Å². The van der Waals surface area contributed by atoms with Crippen LogP contribution in [0.25, 0.3) is 6.08 Å². The van der Waals surface area contributed by atoms with Gasteiger partial charge in [0.05, 0.1) is 9.95 Å². The Kier molecular flexibility index (Phi) is 3.74. The fraction of sp³-hybridized carbons (Fsp3) is 0.0714. The third-order valence-electron chi connectivity index (χ3n) is 2.85. The molecule has 1 aliphatic rings. The maximum Gasteiger partial charge on any atom is 0.186 e. The molecule has 20 heavy (non-hydrogen) atoms. The molecule has 1 aromatic carbocycles. The Hall–Kier alpha value is -1.43. The maximum absolute atomic E-state index is 12.4. The fourth-order valence-corrected chi connectivity index (χ4v) is 3.83. The lowest BCUT2D eigenvalue weighted by atomic mass is 10.1. The molecule has 0 aliphatic carbocycles. The zero-order valence-electron chi connectivity index (χ0n) is 10.2. The standard InChI is InChI=1S/C14H9ClN2OS2/c15-9-3-1-8(2-4-9)7-10-12(18)11(13(16)20-10)14-17-5-6-19-14/h1-7,11,16H/b10-7-,16-13?/t11-/m1/s1. The molecule has 0 radical (unpaired) electrons. The number of benzene rings is 1. The Morgan fingerprint density at radius 3 is 2.70 bits per heavy atom. The van der Waals surface area contributed by atoms with Gasteiger partial charge < -0.3 is 0 Å². The van der Waals surface area contributed by atoms with Crippen molar-refractivity contribution in [2.24, 2.45) is 0 Å². The Morgan fingerprint density at radius 2 is 2.05 bits per heavy atom. The summed E-state index contributed by atoms with van der Waals surface area (Å²) < 4.78 is 0. The first-order valence-electron chi connectivity index (χ1n) is 5.82. The van der Waals surface area contributed by atoms with Gasteiger partial charge in [-0.2, -0.15) is 0 Å². The molecular formula is C14H9ClN2OS2. The third-order valence-corrected chi connectivity index (χ3v) is 4.94. The van der Waals surface area contributed by atoms with Crippen LogP contribution in [0.15, 0.2) is 40.7 Å². The number of nitrogens with zero attached hydrogens (tertiary/aromatic N) is 1. The number of carbonyl (C=O) groups excluding carboxylic acids is 1. The number of hydrogen-bond donors (Lipinski definition) is 1. The van der Waals surface area contributed by atoms with Gasteiger partial charge in [0.1, 0.15) is 10.9 Å². The van der Waals surface area contributed by atoms with Gasteiger partial charge in [0, 0.05) is 16.6 Å². The molecule has 6 heteroatoms. The number of nitrogens with one attached hydrogen (secondary N) is 1. The first kappa shape index (κ1) is 13.5. The predicted octanol–water partition coefficient (Wildman–Crippen LogP) is 4.21. The van der Waals surface area contributed by atoms with Gasteiger partial charge in [0.25, 0.3) is 0 Å². The topological polar surface area (TPSA) is 53.8 Å². The summed E-state index contributed by atoms with van der Waals surface area (Å²) in [5, 5.41) is 11.5. The molecule has 3 rings (SSSR count). The number of halogens is 1. The number of thioether (sulfide) groups is 1. The smallest absolute Gasteiger partial charge is 0.186 e. The largest absolute Gasteiger partial charge is 0.297 e. The minimum absolute atomic E-state index is 0.0510. The lowest BCUT2D eigenvalue weighted by molar-refractivity contribution is -0.114. The minimum atomic E-state index is -0.529. The van der Waals surface area contributed by atoms with Crippen molar-refractivity contribution < 1.29 is 4.79 Å². The molecule has 0 saturated carbocycles. The SMILES string of the molecule is N=C1S/C(=C\c2ccc(Cl)cc2)C(=O)[C@H]1c1nccs1. The van der Waals surface area contributed by atoms with Gasteiger partial charge in [-0.1, -0.05) is 35.5 Å². The average Bonchev–Trinajstić information content (AvgIpc) is 3.02. The van der Waals surface area contributed by atoms with E-state index in [1.54, 1.807) is 24.4 Å². The second-order valence-corrected chi connectivity index (χ2v) is 6.64. The molecule has 1 aliphatic heterocycles. The van der Waals surface area contributed by atoms with E-state index in [0.29, 0.717) is 20.0 Å². The van der Waals surface area contributed by atoms with E-state index in [1.165, 1.54) is 23.1 Å². The van der Waals surface area contributed by atoms with Crippen LogP contribution in [0.5, 0.6) is 0 Å². The third kappa shape index (κ3) is 2.57. The Labute approximate surface area is 129 Å². The molecule has 2 heterocycles. The van der Waals surface area contributed by atoms with Gasteiger partial charge in [-0.05, 0) is 23.8 Å². The molecule has 2 aromatic rings. The van der Waals surface area contributed by atoms with Crippen LogP contribution in [-0.4, -0.2) is 15.8 Å². The van der Waals surface area contributed by atoms with Crippen LogP contribution in [-0.2, 0) is 4.79 Å². The molecule has 1 saturated heterocycles. The maximum atomic E-state index is 12.4. The van der Waals surface area contributed by atoms with E-state index < -0.39 is 5.92 Å². The van der Waals surface area contributed by atoms with Crippen molar-refractivity contribution in [1.82, 2.24) is 4.98 Å². The van der Waals surface area contributed by atoms with Crippen LogP contribution >= 0.6 is 34.7 Å². The van der Waals surface area contributed by atoms with Gasteiger partial charge >= 0.3 is 0 Å². The molecule has 0 unspecified atom stereocenters. The van der Waals surface area contributed by atoms with Crippen molar-refractivity contribution >= 4 is 51.6 Å². The Balaban J connectivity index is 1.91. The van der Waals surface area contributed by atoms with Gasteiger partial charge in [-0.25, -0.2) is 4.98 Å². The summed E-state index contributed by atoms with van der Waals surface area (Å²) in [6.45, 7) is 0. The summed E-state index contributed by atoms with van der Waals surface area (Å²) in [6, 6.07) is 7.26. The van der Waals surface area contributed by atoms with E-state index in [0.717, 1.165) is 5.56 Å². The highest BCUT2D eigenvalue weighted by molar-refractivity contribution is 8.19. The van der Waals surface area contributed by atoms with Crippen molar-refractivity contribution in [2.45, 2.75) is 5.92 Å². The van der Waals surface area contributed by atoms with Crippen molar-refractivity contribution in [2.75, 3.05) is 0 Å². The zero-order chi connectivity index (χ0) is 14.1. The molecule has 1 fully saturated rings. The monoisotopic (exact) mass is 320 g/mol. The van der Waals surface area contributed by atoms with Gasteiger partial charge in [0.2, 0.25) is 0 Å². The number of aromatic nitrogens is 1. The van der Waals surface area contributed by atoms with E-state index in [9.17, 15) is 4.79 Å². The molecular weight excluding hydrogens is 312 g/mol. The van der Waals surface area contributed by atoms with E-state index >= 15 is 0 Å². The lowest BCUT2D eigenvalue weighted by Gasteiger charge is -2.01. The van der Waals surface area contributed by atoms with E-state index in [1.807, 2.05) is 17.5 Å². The molecule has 0 spiro atoms. The first-order chi connectivity index (χ1) is 9.65. The quantitative estimate of drug-likeness (QED) is 0.843. The van der Waals surface area contributed by atoms with Crippen LogP contribution < -0.4 is 0 Å². The summed E-state index contributed by atoms with van der Waals surface area (Å²) in [4.78, 5) is 17.1. The van der Waals surface area contributed by atoms with Crippen LogP contribution in [0.2, 0.25) is 5.02 Å². The van der Waals surface area contributed by atoms with Crippen molar-refractivity contribution in [1.29, 1.82) is 5.41 Å². The zero-order valence-corrected chi connectivity index (χ0v) is 12.6. The van der Waals surface area contributed by atoms with Gasteiger partial charge in [-0.3, -0.25) is 10.2 Å². The first-order valence-corrected chi connectivity index (χ1v) is 7.90. The van der Waals surface area contributed by atoms with Crippen LogP contribution in [0, 0.1) is 5.41 Å². The Morgan fingerprint density at radius 1 is 1.30 bits per heavy atom. The molecule has 100 valence electrons. The second-order valence-electron chi connectivity index (χ2n) is 4.19. The van der Waals surface area contributed by atoms with E-state index in [-0.39, 0.29) is 5.78 Å². The van der Waals surface area contributed by atoms with Gasteiger partial charge in [0.15, 0.2) is 5.78 Å². The molecule has 3 nitrogen and oxygen atoms in total. The summed E-state index contributed by atoms with van der Waals surface area (Å²) >= 11 is 8.45. The number of Topliss-reactive ketones (excluding diaryl/α,β-unsaturated/α-hetero) is 1.